The molecule has 0 N–H and O–H groups in total. The lowest BCUT2D eigenvalue weighted by molar-refractivity contribution is -0.145. The Labute approximate surface area is 145 Å². The van der Waals surface area contributed by atoms with Crippen molar-refractivity contribution < 1.29 is 9.53 Å². The molecule has 5 heteroatoms. The molecule has 5 nitrogen and oxygen atoms in total. The number of carbonyl (C=O) groups is 1. The second kappa shape index (κ2) is 6.09. The van der Waals surface area contributed by atoms with Crippen molar-refractivity contribution in [2.45, 2.75) is 27.0 Å². The molecular formula is C20H19N3O2. The molecule has 0 saturated heterocycles. The highest BCUT2D eigenvalue weighted by Gasteiger charge is 2.11. The standard InChI is InChI=1S/C20H19N3O2/c1-14-7-8-19-21-17(11-22(19)10-14)13-25-20(24)12-23-15(2)9-16-5-3-4-6-18(16)23/h3-11H,12-13H2,1-2H3. The Bertz CT molecular complexity index is 1080. The van der Waals surface area contributed by atoms with Crippen LogP contribution in [0.15, 0.2) is 54.9 Å². The molecule has 0 aliphatic heterocycles. The Balaban J connectivity index is 1.47. The van der Waals surface area contributed by atoms with Crippen LogP contribution in [0.5, 0.6) is 0 Å². The predicted molar refractivity (Wildman–Crippen MR) is 96.4 cm³/mol. The van der Waals surface area contributed by atoms with Gasteiger partial charge in [-0.1, -0.05) is 24.3 Å². The fraction of sp³-hybridized carbons (Fsp3) is 0.200. The molecule has 0 unspecified atom stereocenters. The highest BCUT2D eigenvalue weighted by atomic mass is 16.5. The van der Waals surface area contributed by atoms with Crippen molar-refractivity contribution in [1.29, 1.82) is 0 Å². The van der Waals surface area contributed by atoms with Crippen LogP contribution >= 0.6 is 0 Å². The van der Waals surface area contributed by atoms with Gasteiger partial charge >= 0.3 is 5.97 Å². The van der Waals surface area contributed by atoms with Crippen LogP contribution in [0.25, 0.3) is 16.6 Å². The normalized spacial score (nSPS) is 11.3. The topological polar surface area (TPSA) is 48.5 Å². The van der Waals surface area contributed by atoms with Crippen LogP contribution in [-0.4, -0.2) is 19.9 Å². The van der Waals surface area contributed by atoms with Gasteiger partial charge in [-0.15, -0.1) is 0 Å². The van der Waals surface area contributed by atoms with E-state index in [9.17, 15) is 4.79 Å². The number of aromatic nitrogens is 3. The number of benzene rings is 1. The Morgan fingerprint density at radius 2 is 1.96 bits per heavy atom. The quantitative estimate of drug-likeness (QED) is 0.536. The first-order chi connectivity index (χ1) is 12.1. The van der Waals surface area contributed by atoms with Crippen LogP contribution in [0.1, 0.15) is 17.0 Å². The monoisotopic (exact) mass is 333 g/mol. The first-order valence-corrected chi connectivity index (χ1v) is 8.25. The molecule has 0 bridgehead atoms. The minimum atomic E-state index is -0.266. The molecule has 0 amide bonds. The highest BCUT2D eigenvalue weighted by Crippen LogP contribution is 2.19. The molecule has 0 aliphatic rings. The first-order valence-electron chi connectivity index (χ1n) is 8.25. The van der Waals surface area contributed by atoms with Crippen LogP contribution in [0, 0.1) is 13.8 Å². The average molecular weight is 333 g/mol. The maximum Gasteiger partial charge on any atom is 0.326 e. The maximum atomic E-state index is 12.3. The number of hydrogen-bond acceptors (Lipinski definition) is 3. The maximum absolute atomic E-state index is 12.3. The molecule has 0 fully saturated rings. The van der Waals surface area contributed by atoms with Crippen LogP contribution < -0.4 is 0 Å². The summed E-state index contributed by atoms with van der Waals surface area (Å²) in [5.41, 5.74) is 4.84. The zero-order chi connectivity index (χ0) is 17.4. The number of fused-ring (bicyclic) bond motifs is 2. The van der Waals surface area contributed by atoms with E-state index in [-0.39, 0.29) is 19.1 Å². The van der Waals surface area contributed by atoms with E-state index in [1.807, 2.05) is 71.6 Å². The number of esters is 1. The van der Waals surface area contributed by atoms with Crippen LogP contribution in [0.4, 0.5) is 0 Å². The van der Waals surface area contributed by atoms with Gasteiger partial charge in [0.2, 0.25) is 0 Å². The van der Waals surface area contributed by atoms with Gasteiger partial charge in [-0.25, -0.2) is 4.98 Å². The summed E-state index contributed by atoms with van der Waals surface area (Å²) < 4.78 is 9.35. The SMILES string of the molecule is Cc1ccc2nc(COC(=O)Cn3c(C)cc4ccccc43)cn2c1. The third-order valence-corrected chi connectivity index (χ3v) is 4.33. The number of ether oxygens (including phenoxy) is 1. The summed E-state index contributed by atoms with van der Waals surface area (Å²) in [6, 6.07) is 14.1. The van der Waals surface area contributed by atoms with E-state index in [4.69, 9.17) is 4.74 Å². The molecule has 0 saturated carbocycles. The summed E-state index contributed by atoms with van der Waals surface area (Å²) in [6.45, 7) is 4.41. The van der Waals surface area contributed by atoms with E-state index in [0.717, 1.165) is 33.5 Å². The van der Waals surface area contributed by atoms with Crippen LogP contribution in [0.2, 0.25) is 0 Å². The zero-order valence-electron chi connectivity index (χ0n) is 14.3. The molecule has 0 aliphatic carbocycles. The number of aryl methyl sites for hydroxylation is 2. The fourth-order valence-electron chi connectivity index (χ4n) is 3.11. The summed E-state index contributed by atoms with van der Waals surface area (Å²) in [7, 11) is 0. The number of imidazole rings is 1. The number of nitrogens with zero attached hydrogens (tertiary/aromatic N) is 3. The lowest BCUT2D eigenvalue weighted by atomic mass is 10.2. The Morgan fingerprint density at radius 3 is 2.84 bits per heavy atom. The van der Waals surface area contributed by atoms with Crippen LogP contribution in [-0.2, 0) is 22.7 Å². The lowest BCUT2D eigenvalue weighted by Gasteiger charge is -2.08. The molecule has 3 aromatic heterocycles. The van der Waals surface area contributed by atoms with E-state index in [1.165, 1.54) is 0 Å². The van der Waals surface area contributed by atoms with Crippen molar-refractivity contribution in [3.8, 4) is 0 Å². The van der Waals surface area contributed by atoms with Crippen LogP contribution in [0.3, 0.4) is 0 Å². The number of rotatable bonds is 4. The van der Waals surface area contributed by atoms with Gasteiger partial charge in [0.1, 0.15) is 18.8 Å². The number of pyridine rings is 1. The minimum absolute atomic E-state index is 0.178. The van der Waals surface area contributed by atoms with E-state index in [0.29, 0.717) is 0 Å². The third-order valence-electron chi connectivity index (χ3n) is 4.33. The summed E-state index contributed by atoms with van der Waals surface area (Å²) in [5.74, 6) is -0.266. The van der Waals surface area contributed by atoms with Gasteiger partial charge in [-0.05, 0) is 43.0 Å². The van der Waals surface area contributed by atoms with Crippen molar-refractivity contribution in [3.05, 3.63) is 71.8 Å². The fourth-order valence-corrected chi connectivity index (χ4v) is 3.11. The molecule has 126 valence electrons. The highest BCUT2D eigenvalue weighted by molar-refractivity contribution is 5.83. The minimum Gasteiger partial charge on any atom is -0.458 e. The van der Waals surface area contributed by atoms with Gasteiger partial charge in [0.15, 0.2) is 0 Å². The Morgan fingerprint density at radius 1 is 1.12 bits per heavy atom. The first kappa shape index (κ1) is 15.4. The summed E-state index contributed by atoms with van der Waals surface area (Å²) >= 11 is 0. The number of carbonyl (C=O) groups excluding carboxylic acids is 1. The van der Waals surface area contributed by atoms with Crippen molar-refractivity contribution in [3.63, 3.8) is 0 Å². The zero-order valence-corrected chi connectivity index (χ0v) is 14.3. The number of hydrogen-bond donors (Lipinski definition) is 0. The molecule has 4 aromatic rings. The second-order valence-corrected chi connectivity index (χ2v) is 6.30. The van der Waals surface area contributed by atoms with E-state index in [2.05, 4.69) is 11.1 Å². The van der Waals surface area contributed by atoms with Gasteiger partial charge in [-0.3, -0.25) is 4.79 Å². The molecule has 0 radical (unpaired) electrons. The Kier molecular flexibility index (Phi) is 3.76. The van der Waals surface area contributed by atoms with Crippen molar-refractivity contribution >= 4 is 22.5 Å². The molecule has 1 aromatic carbocycles. The Hall–Kier alpha value is -3.08. The van der Waals surface area contributed by atoms with E-state index >= 15 is 0 Å². The predicted octanol–water partition coefficient (Wildman–Crippen LogP) is 3.65. The smallest absolute Gasteiger partial charge is 0.326 e. The molecular weight excluding hydrogens is 314 g/mol. The molecule has 25 heavy (non-hydrogen) atoms. The van der Waals surface area contributed by atoms with Crippen molar-refractivity contribution in [2.24, 2.45) is 0 Å². The summed E-state index contributed by atoms with van der Waals surface area (Å²) in [6.07, 6.45) is 3.90. The summed E-state index contributed by atoms with van der Waals surface area (Å²) in [5, 5.41) is 1.13. The largest absolute Gasteiger partial charge is 0.458 e. The molecule has 0 atom stereocenters. The lowest BCUT2D eigenvalue weighted by Crippen LogP contribution is -2.14. The van der Waals surface area contributed by atoms with Gasteiger partial charge in [0, 0.05) is 23.6 Å². The molecule has 3 heterocycles. The van der Waals surface area contributed by atoms with E-state index in [1.54, 1.807) is 0 Å². The van der Waals surface area contributed by atoms with Crippen molar-refractivity contribution in [2.75, 3.05) is 0 Å². The molecule has 4 rings (SSSR count). The van der Waals surface area contributed by atoms with E-state index < -0.39 is 0 Å². The second-order valence-electron chi connectivity index (χ2n) is 6.30. The van der Waals surface area contributed by atoms with Gasteiger partial charge < -0.3 is 13.7 Å². The molecule has 0 spiro atoms. The summed E-state index contributed by atoms with van der Waals surface area (Å²) in [4.78, 5) is 16.7. The van der Waals surface area contributed by atoms with Gasteiger partial charge in [0.05, 0.1) is 5.69 Å². The number of para-hydroxylation sites is 1. The van der Waals surface area contributed by atoms with Crippen molar-refractivity contribution in [1.82, 2.24) is 14.0 Å². The average Bonchev–Trinajstić information content (AvgIpc) is 3.13. The third kappa shape index (κ3) is 3.01. The van der Waals surface area contributed by atoms with Gasteiger partial charge in [0.25, 0.3) is 0 Å². The van der Waals surface area contributed by atoms with Gasteiger partial charge in [-0.2, -0.15) is 0 Å².